The van der Waals surface area contributed by atoms with E-state index in [1.54, 1.807) is 6.07 Å². The molecule has 26 heavy (non-hydrogen) atoms. The number of anilines is 1. The second-order valence-corrected chi connectivity index (χ2v) is 7.42. The molecule has 0 saturated carbocycles. The van der Waals surface area contributed by atoms with Crippen molar-refractivity contribution in [1.82, 2.24) is 4.90 Å². The molecule has 0 aliphatic carbocycles. The number of carbonyl (C=O) groups excluding carboxylic acids is 1. The van der Waals surface area contributed by atoms with E-state index in [1.165, 1.54) is 56.9 Å². The Hall–Kier alpha value is -2.53. The fourth-order valence-corrected chi connectivity index (χ4v) is 4.55. The highest BCUT2D eigenvalue weighted by Gasteiger charge is 2.33. The second kappa shape index (κ2) is 6.32. The Morgan fingerprint density at radius 1 is 1.15 bits per heavy atom. The Morgan fingerprint density at radius 3 is 3.00 bits per heavy atom. The van der Waals surface area contributed by atoms with Crippen LogP contribution in [0.4, 0.5) is 5.69 Å². The van der Waals surface area contributed by atoms with Gasteiger partial charge in [0.05, 0.1) is 18.1 Å². The van der Waals surface area contributed by atoms with Gasteiger partial charge in [-0.2, -0.15) is 0 Å². The van der Waals surface area contributed by atoms with Crippen molar-refractivity contribution in [2.75, 3.05) is 18.4 Å². The minimum atomic E-state index is -0.164. The highest BCUT2D eigenvalue weighted by Crippen LogP contribution is 2.40. The molecular weight excluding hydrogens is 328 g/mol. The summed E-state index contributed by atoms with van der Waals surface area (Å²) in [7, 11) is 0. The van der Waals surface area contributed by atoms with Crippen LogP contribution >= 0.6 is 0 Å². The molecule has 2 unspecified atom stereocenters. The van der Waals surface area contributed by atoms with Gasteiger partial charge in [0.15, 0.2) is 0 Å². The summed E-state index contributed by atoms with van der Waals surface area (Å²) in [6.45, 7) is 2.44. The standard InChI is InChI=1S/C21H22N2O3/c24-21(15-6-9-25-12-15)22-16-3-4-20-18(11-16)19(13-26-20)14-5-8-23-7-1-2-17(23)10-14/h3-4,6,9,11-14,17H,1-2,5,7-8,10H2,(H,22,24). The summed E-state index contributed by atoms with van der Waals surface area (Å²) in [4.78, 5) is 14.9. The average molecular weight is 350 g/mol. The zero-order chi connectivity index (χ0) is 17.5. The number of rotatable bonds is 3. The van der Waals surface area contributed by atoms with Crippen LogP contribution in [0.5, 0.6) is 0 Å². The Bertz CT molecular complexity index is 928. The molecule has 5 nitrogen and oxygen atoms in total. The smallest absolute Gasteiger partial charge is 0.258 e. The third-order valence-corrected chi connectivity index (χ3v) is 5.90. The zero-order valence-corrected chi connectivity index (χ0v) is 14.6. The molecule has 4 heterocycles. The minimum Gasteiger partial charge on any atom is -0.472 e. The summed E-state index contributed by atoms with van der Waals surface area (Å²) in [5, 5.41) is 4.06. The highest BCUT2D eigenvalue weighted by molar-refractivity contribution is 6.04. The molecule has 2 atom stereocenters. The van der Waals surface area contributed by atoms with Gasteiger partial charge < -0.3 is 19.1 Å². The maximum absolute atomic E-state index is 12.3. The fraction of sp³-hybridized carbons (Fsp3) is 0.381. The molecule has 2 saturated heterocycles. The Morgan fingerprint density at radius 2 is 2.12 bits per heavy atom. The number of fused-ring (bicyclic) bond motifs is 2. The summed E-state index contributed by atoms with van der Waals surface area (Å²) in [5.41, 5.74) is 3.47. The molecule has 1 amide bonds. The predicted molar refractivity (Wildman–Crippen MR) is 99.4 cm³/mol. The lowest BCUT2D eigenvalue weighted by atomic mass is 9.85. The summed E-state index contributed by atoms with van der Waals surface area (Å²) in [6, 6.07) is 8.24. The normalized spacial score (nSPS) is 23.2. The lowest BCUT2D eigenvalue weighted by molar-refractivity contribution is 0.102. The fourth-order valence-electron chi connectivity index (χ4n) is 4.55. The first-order chi connectivity index (χ1) is 12.8. The first kappa shape index (κ1) is 15.7. The number of nitrogens with one attached hydrogen (secondary N) is 1. The van der Waals surface area contributed by atoms with Crippen LogP contribution in [0.3, 0.4) is 0 Å². The Labute approximate surface area is 152 Å². The molecule has 2 aliphatic heterocycles. The number of furan rings is 2. The van der Waals surface area contributed by atoms with Gasteiger partial charge in [-0.1, -0.05) is 0 Å². The van der Waals surface area contributed by atoms with E-state index in [1.807, 2.05) is 24.5 Å². The second-order valence-electron chi connectivity index (χ2n) is 7.42. The van der Waals surface area contributed by atoms with Crippen LogP contribution in [-0.2, 0) is 0 Å². The highest BCUT2D eigenvalue weighted by atomic mass is 16.3. The van der Waals surface area contributed by atoms with E-state index in [0.29, 0.717) is 11.5 Å². The quantitative estimate of drug-likeness (QED) is 0.749. The average Bonchev–Trinajstić information content (AvgIpc) is 3.40. The molecule has 2 aromatic heterocycles. The topological polar surface area (TPSA) is 58.6 Å². The van der Waals surface area contributed by atoms with E-state index in [0.717, 1.165) is 22.7 Å². The SMILES string of the molecule is O=C(Nc1ccc2occ(C3CCN4CCCC4C3)c2c1)c1ccoc1. The molecule has 5 heteroatoms. The molecule has 2 fully saturated rings. The number of carbonyl (C=O) groups is 1. The Kier molecular flexibility index (Phi) is 3.82. The minimum absolute atomic E-state index is 0.164. The van der Waals surface area contributed by atoms with Gasteiger partial charge in [-0.25, -0.2) is 0 Å². The maximum atomic E-state index is 12.3. The molecule has 2 aliphatic rings. The third kappa shape index (κ3) is 2.72. The summed E-state index contributed by atoms with van der Waals surface area (Å²) >= 11 is 0. The van der Waals surface area contributed by atoms with E-state index in [9.17, 15) is 4.79 Å². The maximum Gasteiger partial charge on any atom is 0.258 e. The lowest BCUT2D eigenvalue weighted by Gasteiger charge is -2.34. The van der Waals surface area contributed by atoms with Crippen molar-refractivity contribution >= 4 is 22.6 Å². The third-order valence-electron chi connectivity index (χ3n) is 5.90. The lowest BCUT2D eigenvalue weighted by Crippen LogP contribution is -2.37. The van der Waals surface area contributed by atoms with Crippen LogP contribution in [0, 0.1) is 0 Å². The molecule has 3 aromatic rings. The van der Waals surface area contributed by atoms with Gasteiger partial charge in [-0.3, -0.25) is 4.79 Å². The van der Waals surface area contributed by atoms with Crippen molar-refractivity contribution < 1.29 is 13.6 Å². The molecule has 1 N–H and O–H groups in total. The molecule has 134 valence electrons. The van der Waals surface area contributed by atoms with E-state index >= 15 is 0 Å². The summed E-state index contributed by atoms with van der Waals surface area (Å²) in [5.74, 6) is 0.373. The van der Waals surface area contributed by atoms with Crippen molar-refractivity contribution in [1.29, 1.82) is 0 Å². The van der Waals surface area contributed by atoms with Crippen molar-refractivity contribution in [3.05, 3.63) is 54.2 Å². The molecule has 0 radical (unpaired) electrons. The van der Waals surface area contributed by atoms with Crippen LogP contribution in [0.1, 0.15) is 47.5 Å². The van der Waals surface area contributed by atoms with Crippen LogP contribution < -0.4 is 5.32 Å². The van der Waals surface area contributed by atoms with Gasteiger partial charge in [-0.05, 0) is 69.0 Å². The monoisotopic (exact) mass is 350 g/mol. The molecule has 0 spiro atoms. The number of piperidine rings is 1. The molecule has 1 aromatic carbocycles. The van der Waals surface area contributed by atoms with Crippen LogP contribution in [0.25, 0.3) is 11.0 Å². The van der Waals surface area contributed by atoms with Gasteiger partial charge in [0.1, 0.15) is 11.8 Å². The molecular formula is C21H22N2O3. The number of amides is 1. The van der Waals surface area contributed by atoms with Gasteiger partial charge in [0.25, 0.3) is 5.91 Å². The largest absolute Gasteiger partial charge is 0.472 e. The van der Waals surface area contributed by atoms with Crippen LogP contribution in [0.15, 0.2) is 51.9 Å². The van der Waals surface area contributed by atoms with Gasteiger partial charge in [-0.15, -0.1) is 0 Å². The van der Waals surface area contributed by atoms with E-state index in [-0.39, 0.29) is 5.91 Å². The number of hydrogen-bond donors (Lipinski definition) is 1. The number of benzene rings is 1. The van der Waals surface area contributed by atoms with Crippen LogP contribution in [-0.4, -0.2) is 29.9 Å². The first-order valence-electron chi connectivity index (χ1n) is 9.37. The van der Waals surface area contributed by atoms with Gasteiger partial charge in [0, 0.05) is 22.7 Å². The summed E-state index contributed by atoms with van der Waals surface area (Å²) < 4.78 is 10.8. The van der Waals surface area contributed by atoms with Gasteiger partial charge in [0.2, 0.25) is 0 Å². The van der Waals surface area contributed by atoms with Crippen molar-refractivity contribution in [3.63, 3.8) is 0 Å². The number of hydrogen-bond acceptors (Lipinski definition) is 4. The molecule has 0 bridgehead atoms. The molecule has 5 rings (SSSR count). The van der Waals surface area contributed by atoms with E-state index in [2.05, 4.69) is 10.2 Å². The van der Waals surface area contributed by atoms with Crippen LogP contribution in [0.2, 0.25) is 0 Å². The van der Waals surface area contributed by atoms with E-state index in [4.69, 9.17) is 8.83 Å². The zero-order valence-electron chi connectivity index (χ0n) is 14.6. The number of nitrogens with zero attached hydrogens (tertiary/aromatic N) is 1. The van der Waals surface area contributed by atoms with E-state index < -0.39 is 0 Å². The van der Waals surface area contributed by atoms with Crippen molar-refractivity contribution in [2.24, 2.45) is 0 Å². The van der Waals surface area contributed by atoms with Crippen molar-refractivity contribution in [3.8, 4) is 0 Å². The van der Waals surface area contributed by atoms with Gasteiger partial charge >= 0.3 is 0 Å². The summed E-state index contributed by atoms with van der Waals surface area (Å²) in [6.07, 6.45) is 9.90. The predicted octanol–water partition coefficient (Wildman–Crippen LogP) is 4.62. The van der Waals surface area contributed by atoms with Crippen molar-refractivity contribution in [2.45, 2.75) is 37.6 Å². The Balaban J connectivity index is 1.41. The first-order valence-corrected chi connectivity index (χ1v) is 9.37.